The average Bonchev–Trinajstić information content (AvgIpc) is 3.14. The number of benzene rings is 1. The summed E-state index contributed by atoms with van der Waals surface area (Å²) in [6, 6.07) is 7.62. The summed E-state index contributed by atoms with van der Waals surface area (Å²) >= 11 is 0. The first-order chi connectivity index (χ1) is 12.7. The van der Waals surface area contributed by atoms with Crippen molar-refractivity contribution in [1.82, 2.24) is 10.3 Å². The molecule has 6 heteroatoms. The summed E-state index contributed by atoms with van der Waals surface area (Å²) in [6.07, 6.45) is 5.82. The molecule has 0 unspecified atom stereocenters. The number of pyridine rings is 1. The first-order valence-electron chi connectivity index (χ1n) is 9.06. The Labute approximate surface area is 153 Å². The summed E-state index contributed by atoms with van der Waals surface area (Å²) in [5.74, 6) is 2.11. The number of anilines is 1. The van der Waals surface area contributed by atoms with Gasteiger partial charge in [0.05, 0.1) is 17.4 Å². The van der Waals surface area contributed by atoms with Gasteiger partial charge in [0.25, 0.3) is 5.91 Å². The quantitative estimate of drug-likeness (QED) is 0.915. The topological polar surface area (TPSA) is 63.7 Å². The van der Waals surface area contributed by atoms with Crippen molar-refractivity contribution in [3.8, 4) is 11.5 Å². The minimum absolute atomic E-state index is 0.123. The summed E-state index contributed by atoms with van der Waals surface area (Å²) in [5.41, 5.74) is 2.58. The fourth-order valence-electron chi connectivity index (χ4n) is 3.33. The van der Waals surface area contributed by atoms with Gasteiger partial charge in [0, 0.05) is 25.8 Å². The van der Waals surface area contributed by atoms with Crippen LogP contribution >= 0.6 is 0 Å². The van der Waals surface area contributed by atoms with Crippen molar-refractivity contribution in [2.45, 2.75) is 26.3 Å². The van der Waals surface area contributed by atoms with E-state index in [2.05, 4.69) is 22.1 Å². The maximum Gasteiger partial charge on any atom is 0.253 e. The molecule has 1 amide bonds. The molecule has 1 N–H and O–H groups in total. The highest BCUT2D eigenvalue weighted by molar-refractivity contribution is 5.94. The van der Waals surface area contributed by atoms with E-state index >= 15 is 0 Å². The number of hydrogen-bond donors (Lipinski definition) is 1. The molecule has 1 aromatic carbocycles. The Bertz CT molecular complexity index is 801. The number of ether oxygens (including phenoxy) is 2. The summed E-state index contributed by atoms with van der Waals surface area (Å²) in [7, 11) is 0. The zero-order chi connectivity index (χ0) is 17.9. The Morgan fingerprint density at radius 3 is 2.85 bits per heavy atom. The number of carbonyl (C=O) groups excluding carboxylic acids is 1. The van der Waals surface area contributed by atoms with Gasteiger partial charge in [-0.25, -0.2) is 0 Å². The third kappa shape index (κ3) is 3.59. The smallest absolute Gasteiger partial charge is 0.253 e. The molecule has 6 nitrogen and oxygen atoms in total. The van der Waals surface area contributed by atoms with Crippen molar-refractivity contribution >= 4 is 11.6 Å². The summed E-state index contributed by atoms with van der Waals surface area (Å²) in [4.78, 5) is 19.1. The largest absolute Gasteiger partial charge is 0.454 e. The van der Waals surface area contributed by atoms with Gasteiger partial charge in [-0.3, -0.25) is 9.78 Å². The van der Waals surface area contributed by atoms with Crippen molar-refractivity contribution in [3.63, 3.8) is 0 Å². The zero-order valence-corrected chi connectivity index (χ0v) is 14.9. The van der Waals surface area contributed by atoms with Gasteiger partial charge in [-0.1, -0.05) is 13.0 Å². The monoisotopic (exact) mass is 353 g/mol. The molecule has 2 aromatic rings. The SMILES string of the molecule is CC1CCN(c2cncc(C(=O)NCc3ccc4c(c3)OCO4)c2)CC1. The molecule has 26 heavy (non-hydrogen) atoms. The fourth-order valence-corrected chi connectivity index (χ4v) is 3.33. The minimum atomic E-state index is -0.123. The number of fused-ring (bicyclic) bond motifs is 1. The predicted molar refractivity (Wildman–Crippen MR) is 98.6 cm³/mol. The summed E-state index contributed by atoms with van der Waals surface area (Å²) < 4.78 is 10.7. The number of rotatable bonds is 4. The van der Waals surface area contributed by atoms with E-state index in [0.717, 1.165) is 41.8 Å². The number of piperidine rings is 1. The standard InChI is InChI=1S/C20H23N3O3/c1-14-4-6-23(7-5-14)17-9-16(11-21-12-17)20(24)22-10-15-2-3-18-19(8-15)26-13-25-18/h2-3,8-9,11-12,14H,4-7,10,13H2,1H3,(H,22,24). The van der Waals surface area contributed by atoms with Gasteiger partial charge in [-0.05, 0) is 42.5 Å². The lowest BCUT2D eigenvalue weighted by atomic mass is 9.99. The van der Waals surface area contributed by atoms with Crippen LogP contribution in [0, 0.1) is 5.92 Å². The number of nitrogens with zero attached hydrogens (tertiary/aromatic N) is 2. The Morgan fingerprint density at radius 1 is 1.19 bits per heavy atom. The van der Waals surface area contributed by atoms with Gasteiger partial charge in [0.2, 0.25) is 6.79 Å². The second kappa shape index (κ2) is 7.23. The normalized spacial score (nSPS) is 16.6. The number of carbonyl (C=O) groups is 1. The lowest BCUT2D eigenvalue weighted by Crippen LogP contribution is -2.33. The van der Waals surface area contributed by atoms with Gasteiger partial charge in [-0.2, -0.15) is 0 Å². The number of aromatic nitrogens is 1. The van der Waals surface area contributed by atoms with Crippen LogP contribution in [0.5, 0.6) is 11.5 Å². The van der Waals surface area contributed by atoms with Crippen molar-refractivity contribution in [2.75, 3.05) is 24.8 Å². The Hall–Kier alpha value is -2.76. The third-order valence-corrected chi connectivity index (χ3v) is 5.02. The molecule has 4 rings (SSSR count). The molecular weight excluding hydrogens is 330 g/mol. The molecule has 0 radical (unpaired) electrons. The zero-order valence-electron chi connectivity index (χ0n) is 14.9. The van der Waals surface area contributed by atoms with E-state index in [1.165, 1.54) is 12.8 Å². The number of amides is 1. The van der Waals surface area contributed by atoms with E-state index < -0.39 is 0 Å². The van der Waals surface area contributed by atoms with Crippen LogP contribution in [0.1, 0.15) is 35.7 Å². The molecule has 136 valence electrons. The molecule has 0 aliphatic carbocycles. The molecule has 0 atom stereocenters. The fraction of sp³-hybridized carbons (Fsp3) is 0.400. The lowest BCUT2D eigenvalue weighted by Gasteiger charge is -2.32. The van der Waals surface area contributed by atoms with E-state index in [-0.39, 0.29) is 12.7 Å². The van der Waals surface area contributed by atoms with Gasteiger partial charge in [0.1, 0.15) is 0 Å². The number of nitrogens with one attached hydrogen (secondary N) is 1. The van der Waals surface area contributed by atoms with Crippen molar-refractivity contribution < 1.29 is 14.3 Å². The molecular formula is C20H23N3O3. The molecule has 3 heterocycles. The molecule has 0 saturated carbocycles. The third-order valence-electron chi connectivity index (χ3n) is 5.02. The molecule has 1 saturated heterocycles. The minimum Gasteiger partial charge on any atom is -0.454 e. The Balaban J connectivity index is 1.39. The first kappa shape index (κ1) is 16.7. The molecule has 2 aliphatic heterocycles. The van der Waals surface area contributed by atoms with Gasteiger partial charge < -0.3 is 19.7 Å². The maximum atomic E-state index is 12.5. The summed E-state index contributed by atoms with van der Waals surface area (Å²) in [5, 5.41) is 2.95. The van der Waals surface area contributed by atoms with Crippen molar-refractivity contribution in [3.05, 3.63) is 47.8 Å². The maximum absolute atomic E-state index is 12.5. The van der Waals surface area contributed by atoms with Crippen LogP contribution in [0.25, 0.3) is 0 Å². The second-order valence-corrected chi connectivity index (χ2v) is 6.97. The highest BCUT2D eigenvalue weighted by atomic mass is 16.7. The van der Waals surface area contributed by atoms with Crippen LogP contribution < -0.4 is 19.7 Å². The Morgan fingerprint density at radius 2 is 2.00 bits per heavy atom. The van der Waals surface area contributed by atoms with Crippen LogP contribution in [0.4, 0.5) is 5.69 Å². The predicted octanol–water partition coefficient (Wildman–Crippen LogP) is 2.98. The molecule has 1 aromatic heterocycles. The van der Waals surface area contributed by atoms with Crippen molar-refractivity contribution in [1.29, 1.82) is 0 Å². The Kier molecular flexibility index (Phi) is 4.65. The van der Waals surface area contributed by atoms with Crippen LogP contribution in [-0.2, 0) is 6.54 Å². The van der Waals surface area contributed by atoms with E-state index in [1.54, 1.807) is 6.20 Å². The average molecular weight is 353 g/mol. The van der Waals surface area contributed by atoms with Crippen LogP contribution in [-0.4, -0.2) is 30.8 Å². The van der Waals surface area contributed by atoms with Crippen LogP contribution in [0.3, 0.4) is 0 Å². The molecule has 1 fully saturated rings. The highest BCUT2D eigenvalue weighted by Gasteiger charge is 2.18. The van der Waals surface area contributed by atoms with E-state index in [1.807, 2.05) is 30.5 Å². The van der Waals surface area contributed by atoms with Gasteiger partial charge in [0.15, 0.2) is 11.5 Å². The second-order valence-electron chi connectivity index (χ2n) is 6.97. The number of hydrogen-bond acceptors (Lipinski definition) is 5. The lowest BCUT2D eigenvalue weighted by molar-refractivity contribution is 0.0950. The first-order valence-corrected chi connectivity index (χ1v) is 9.06. The van der Waals surface area contributed by atoms with Gasteiger partial charge >= 0.3 is 0 Å². The van der Waals surface area contributed by atoms with E-state index in [4.69, 9.17) is 9.47 Å². The van der Waals surface area contributed by atoms with Gasteiger partial charge in [-0.15, -0.1) is 0 Å². The van der Waals surface area contributed by atoms with Crippen LogP contribution in [0.15, 0.2) is 36.7 Å². The molecule has 0 bridgehead atoms. The summed E-state index contributed by atoms with van der Waals surface area (Å²) in [6.45, 7) is 5.01. The van der Waals surface area contributed by atoms with Crippen molar-refractivity contribution in [2.24, 2.45) is 5.92 Å². The molecule has 0 spiro atoms. The highest BCUT2D eigenvalue weighted by Crippen LogP contribution is 2.32. The van der Waals surface area contributed by atoms with E-state index in [0.29, 0.717) is 12.1 Å². The van der Waals surface area contributed by atoms with E-state index in [9.17, 15) is 4.79 Å². The molecule has 2 aliphatic rings. The van der Waals surface area contributed by atoms with Crippen LogP contribution in [0.2, 0.25) is 0 Å².